The van der Waals surface area contributed by atoms with Gasteiger partial charge in [-0.2, -0.15) is 9.57 Å². The lowest BCUT2D eigenvalue weighted by atomic mass is 10.1. The van der Waals surface area contributed by atoms with Crippen LogP contribution in [-0.2, 0) is 44.5 Å². The normalized spacial score (nSPS) is 16.0. The predicted octanol–water partition coefficient (Wildman–Crippen LogP) is 3.93. The van der Waals surface area contributed by atoms with Crippen LogP contribution in [0.1, 0.15) is 35.6 Å². The van der Waals surface area contributed by atoms with Crippen LogP contribution in [0.3, 0.4) is 0 Å². The SMILES string of the molecule is CCCS(=O)(=O)N1Cc2cc(C#N)ccc2N(CCN(OCc2ccc(OC)cc2)S(C)(=O)=O)CC1Cc1ccccc1. The standard InChI is InChI=1S/C31H38N4O6S2/c1-4-18-43(38,39)34-22-28-19-27(21-32)12-15-31(28)33(23-29(34)20-25-8-6-5-7-9-25)16-17-35(42(3,36)37)41-24-26-10-13-30(40-2)14-11-26/h5-15,19,29H,4,16-18,20,22-24H2,1-3H3. The van der Waals surface area contributed by atoms with Gasteiger partial charge in [0, 0.05) is 31.4 Å². The molecule has 43 heavy (non-hydrogen) atoms. The second kappa shape index (κ2) is 14.3. The Morgan fingerprint density at radius 2 is 1.72 bits per heavy atom. The first-order valence-electron chi connectivity index (χ1n) is 14.1. The van der Waals surface area contributed by atoms with Gasteiger partial charge in [0.2, 0.25) is 20.0 Å². The van der Waals surface area contributed by atoms with Gasteiger partial charge < -0.3 is 9.64 Å². The summed E-state index contributed by atoms with van der Waals surface area (Å²) in [7, 11) is -5.79. The van der Waals surface area contributed by atoms with Crippen molar-refractivity contribution in [2.24, 2.45) is 0 Å². The summed E-state index contributed by atoms with van der Waals surface area (Å²) in [6, 6.07) is 23.8. The summed E-state index contributed by atoms with van der Waals surface area (Å²) in [5, 5.41) is 9.59. The number of benzene rings is 3. The fourth-order valence-corrected chi connectivity index (χ4v) is 7.53. The molecule has 0 radical (unpaired) electrons. The topological polar surface area (TPSA) is 120 Å². The highest BCUT2D eigenvalue weighted by atomic mass is 32.2. The summed E-state index contributed by atoms with van der Waals surface area (Å²) in [5.41, 5.74) is 3.65. The number of anilines is 1. The Morgan fingerprint density at radius 1 is 1.00 bits per heavy atom. The van der Waals surface area contributed by atoms with E-state index < -0.39 is 26.1 Å². The van der Waals surface area contributed by atoms with Crippen LogP contribution in [0.25, 0.3) is 0 Å². The number of hydrogen-bond acceptors (Lipinski definition) is 8. The Bertz CT molecular complexity index is 1620. The van der Waals surface area contributed by atoms with Gasteiger partial charge in [0.25, 0.3) is 0 Å². The summed E-state index contributed by atoms with van der Waals surface area (Å²) >= 11 is 0. The molecule has 0 saturated heterocycles. The van der Waals surface area contributed by atoms with E-state index in [0.29, 0.717) is 36.3 Å². The van der Waals surface area contributed by atoms with Gasteiger partial charge in [0.1, 0.15) is 5.75 Å². The maximum atomic E-state index is 13.6. The lowest BCUT2D eigenvalue weighted by Crippen LogP contribution is -2.48. The maximum absolute atomic E-state index is 13.6. The van der Waals surface area contributed by atoms with Crippen LogP contribution < -0.4 is 9.64 Å². The van der Waals surface area contributed by atoms with E-state index in [1.807, 2.05) is 48.2 Å². The molecule has 230 valence electrons. The number of fused-ring (bicyclic) bond motifs is 1. The molecule has 1 aliphatic heterocycles. The van der Waals surface area contributed by atoms with Gasteiger partial charge >= 0.3 is 0 Å². The third-order valence-corrected chi connectivity index (χ3v) is 10.4. The summed E-state index contributed by atoms with van der Waals surface area (Å²) < 4.78 is 60.3. The molecule has 4 rings (SSSR count). The maximum Gasteiger partial charge on any atom is 0.233 e. The van der Waals surface area contributed by atoms with Gasteiger partial charge in [-0.1, -0.05) is 53.9 Å². The molecule has 12 heteroatoms. The monoisotopic (exact) mass is 626 g/mol. The van der Waals surface area contributed by atoms with Gasteiger partial charge in [-0.25, -0.2) is 16.8 Å². The van der Waals surface area contributed by atoms with Gasteiger partial charge in [-0.05, 0) is 59.9 Å². The molecule has 0 fully saturated rings. The number of nitrogens with zero attached hydrogens (tertiary/aromatic N) is 4. The zero-order valence-electron chi connectivity index (χ0n) is 24.7. The second-order valence-corrected chi connectivity index (χ2v) is 14.4. The van der Waals surface area contributed by atoms with Crippen LogP contribution in [0.5, 0.6) is 5.75 Å². The molecule has 0 aromatic heterocycles. The Kier molecular flexibility index (Phi) is 10.8. The van der Waals surface area contributed by atoms with Crippen molar-refractivity contribution in [3.05, 3.63) is 95.1 Å². The van der Waals surface area contributed by atoms with E-state index in [1.54, 1.807) is 47.8 Å². The Labute approximate surface area is 255 Å². The predicted molar refractivity (Wildman–Crippen MR) is 166 cm³/mol. The lowest BCUT2D eigenvalue weighted by Gasteiger charge is -2.33. The molecule has 0 saturated carbocycles. The minimum atomic E-state index is -3.74. The first kappa shape index (κ1) is 32.4. The van der Waals surface area contributed by atoms with Crippen LogP contribution in [0.2, 0.25) is 0 Å². The second-order valence-electron chi connectivity index (χ2n) is 10.5. The molecule has 10 nitrogen and oxygen atoms in total. The van der Waals surface area contributed by atoms with Crippen molar-refractivity contribution in [1.82, 2.24) is 8.77 Å². The summed E-state index contributed by atoms with van der Waals surface area (Å²) in [4.78, 5) is 7.77. The molecule has 1 unspecified atom stereocenters. The fourth-order valence-electron chi connectivity index (χ4n) is 5.19. The lowest BCUT2D eigenvalue weighted by molar-refractivity contribution is -0.0936. The van der Waals surface area contributed by atoms with E-state index >= 15 is 0 Å². The smallest absolute Gasteiger partial charge is 0.233 e. The van der Waals surface area contributed by atoms with Crippen molar-refractivity contribution in [2.45, 2.75) is 39.0 Å². The van der Waals surface area contributed by atoms with Crippen molar-refractivity contribution in [3.63, 3.8) is 0 Å². The molecule has 1 heterocycles. The van der Waals surface area contributed by atoms with E-state index in [0.717, 1.165) is 27.5 Å². The fraction of sp³-hybridized carbons (Fsp3) is 0.387. The number of nitriles is 1. The molecular formula is C31H38N4O6S2. The molecule has 1 atom stereocenters. The van der Waals surface area contributed by atoms with Gasteiger partial charge in [0.05, 0.1) is 43.9 Å². The van der Waals surface area contributed by atoms with Crippen molar-refractivity contribution in [3.8, 4) is 11.8 Å². The van der Waals surface area contributed by atoms with Crippen LogP contribution >= 0.6 is 0 Å². The van der Waals surface area contributed by atoms with E-state index in [9.17, 15) is 22.1 Å². The molecule has 0 N–H and O–H groups in total. The van der Waals surface area contributed by atoms with Gasteiger partial charge in [-0.15, -0.1) is 0 Å². The number of methoxy groups -OCH3 is 1. The zero-order valence-corrected chi connectivity index (χ0v) is 26.4. The minimum Gasteiger partial charge on any atom is -0.497 e. The molecule has 3 aromatic rings. The highest BCUT2D eigenvalue weighted by Gasteiger charge is 2.35. The summed E-state index contributed by atoms with van der Waals surface area (Å²) in [6.07, 6.45) is 2.04. The molecule has 0 spiro atoms. The van der Waals surface area contributed by atoms with Crippen LogP contribution in [0.15, 0.2) is 72.8 Å². The molecule has 0 amide bonds. The number of sulfonamides is 2. The summed E-state index contributed by atoms with van der Waals surface area (Å²) in [5.74, 6) is 0.690. The van der Waals surface area contributed by atoms with E-state index in [2.05, 4.69) is 6.07 Å². The number of ether oxygens (including phenoxy) is 1. The van der Waals surface area contributed by atoms with Crippen molar-refractivity contribution in [2.75, 3.05) is 43.7 Å². The number of hydrogen-bond donors (Lipinski definition) is 0. The highest BCUT2D eigenvalue weighted by Crippen LogP contribution is 2.31. The molecule has 1 aliphatic rings. The molecule has 3 aromatic carbocycles. The first-order chi connectivity index (χ1) is 20.5. The van der Waals surface area contributed by atoms with Gasteiger partial charge in [0.15, 0.2) is 0 Å². The largest absolute Gasteiger partial charge is 0.497 e. The van der Waals surface area contributed by atoms with E-state index in [1.165, 1.54) is 0 Å². The molecule has 0 bridgehead atoms. The Hall–Kier alpha value is -3.47. The third kappa shape index (κ3) is 8.55. The van der Waals surface area contributed by atoms with Crippen LogP contribution in [0, 0.1) is 11.3 Å². The average molecular weight is 627 g/mol. The van der Waals surface area contributed by atoms with E-state index in [4.69, 9.17) is 9.57 Å². The van der Waals surface area contributed by atoms with Crippen LogP contribution in [0.4, 0.5) is 5.69 Å². The number of hydroxylamine groups is 1. The summed E-state index contributed by atoms with van der Waals surface area (Å²) in [6.45, 7) is 2.56. The minimum absolute atomic E-state index is 0.00657. The van der Waals surface area contributed by atoms with Crippen molar-refractivity contribution >= 4 is 25.7 Å². The van der Waals surface area contributed by atoms with Crippen LogP contribution in [-0.4, -0.2) is 70.4 Å². The van der Waals surface area contributed by atoms with Crippen molar-refractivity contribution in [1.29, 1.82) is 5.26 Å². The highest BCUT2D eigenvalue weighted by molar-refractivity contribution is 7.89. The molecular weight excluding hydrogens is 588 g/mol. The Morgan fingerprint density at radius 3 is 2.35 bits per heavy atom. The third-order valence-electron chi connectivity index (χ3n) is 7.30. The van der Waals surface area contributed by atoms with Gasteiger partial charge in [-0.3, -0.25) is 4.84 Å². The first-order valence-corrected chi connectivity index (χ1v) is 17.5. The van der Waals surface area contributed by atoms with E-state index in [-0.39, 0.29) is 32.0 Å². The average Bonchev–Trinajstić information content (AvgIpc) is 3.14. The quantitative estimate of drug-likeness (QED) is 0.262. The Balaban J connectivity index is 1.64. The molecule has 0 aliphatic carbocycles. The number of rotatable bonds is 13. The zero-order chi connectivity index (χ0) is 31.0. The van der Waals surface area contributed by atoms with Crippen molar-refractivity contribution < 1.29 is 26.4 Å².